The smallest absolute Gasteiger partial charge is 0.306 e. The van der Waals surface area contributed by atoms with Crippen molar-refractivity contribution in [2.75, 3.05) is 12.4 Å². The zero-order valence-electron chi connectivity index (χ0n) is 22.4. The van der Waals surface area contributed by atoms with Crippen LogP contribution in [0.1, 0.15) is 79.3 Å². The third-order valence-electron chi connectivity index (χ3n) is 9.33. The van der Waals surface area contributed by atoms with Crippen LogP contribution in [0.5, 0.6) is 17.2 Å². The molecule has 208 valence electrons. The van der Waals surface area contributed by atoms with Gasteiger partial charge < -0.3 is 30.7 Å². The van der Waals surface area contributed by atoms with E-state index in [9.17, 15) is 24.6 Å². The summed E-state index contributed by atoms with van der Waals surface area (Å²) in [5, 5.41) is 22.8. The van der Waals surface area contributed by atoms with Gasteiger partial charge in [0.2, 0.25) is 5.91 Å². The molecule has 3 aliphatic rings. The van der Waals surface area contributed by atoms with Gasteiger partial charge in [0.25, 0.3) is 5.91 Å². The molecule has 0 aliphatic heterocycles. The van der Waals surface area contributed by atoms with Crippen molar-refractivity contribution >= 4 is 23.5 Å². The summed E-state index contributed by atoms with van der Waals surface area (Å²) in [6, 6.07) is 8.60. The van der Waals surface area contributed by atoms with Crippen LogP contribution in [0.2, 0.25) is 0 Å². The summed E-state index contributed by atoms with van der Waals surface area (Å²) in [6.07, 6.45) is 5.48. The van der Waals surface area contributed by atoms with Gasteiger partial charge in [-0.2, -0.15) is 0 Å². The van der Waals surface area contributed by atoms with Crippen LogP contribution < -0.4 is 15.8 Å². The molecule has 5 rings (SSSR count). The van der Waals surface area contributed by atoms with E-state index in [0.717, 1.165) is 38.5 Å². The lowest BCUT2D eigenvalue weighted by atomic mass is 9.55. The van der Waals surface area contributed by atoms with Crippen molar-refractivity contribution in [1.29, 1.82) is 0 Å². The van der Waals surface area contributed by atoms with E-state index in [4.69, 9.17) is 15.2 Å². The highest BCUT2D eigenvalue weighted by atomic mass is 16.5. The number of primary amides is 1. The number of hydrogen-bond acceptors (Lipinski definition) is 7. The van der Waals surface area contributed by atoms with E-state index in [2.05, 4.69) is 18.3 Å². The largest absolute Gasteiger partial charge is 0.508 e. The molecule has 0 heterocycles. The predicted molar refractivity (Wildman–Crippen MR) is 144 cm³/mol. The monoisotopic (exact) mass is 536 g/mol. The quantitative estimate of drug-likeness (QED) is 0.303. The van der Waals surface area contributed by atoms with Gasteiger partial charge in [0.05, 0.1) is 19.2 Å². The average Bonchev–Trinajstić information content (AvgIpc) is 3.23. The van der Waals surface area contributed by atoms with Gasteiger partial charge in [-0.1, -0.05) is 13.0 Å². The minimum absolute atomic E-state index is 0.00939. The zero-order chi connectivity index (χ0) is 27.9. The van der Waals surface area contributed by atoms with Gasteiger partial charge in [-0.25, -0.2) is 0 Å². The molecule has 2 saturated carbocycles. The van der Waals surface area contributed by atoms with Gasteiger partial charge in [0.1, 0.15) is 23.2 Å². The third kappa shape index (κ3) is 4.90. The number of carbonyl (C=O) groups is 3. The summed E-state index contributed by atoms with van der Waals surface area (Å²) < 4.78 is 11.0. The second-order valence-electron chi connectivity index (χ2n) is 11.4. The number of nitrogens with one attached hydrogen (secondary N) is 1. The fourth-order valence-electron chi connectivity index (χ4n) is 7.44. The molecule has 0 saturated heterocycles. The van der Waals surface area contributed by atoms with Gasteiger partial charge in [0.15, 0.2) is 5.75 Å². The number of aryl methyl sites for hydroxylation is 1. The summed E-state index contributed by atoms with van der Waals surface area (Å²) >= 11 is 0. The fourth-order valence-corrected chi connectivity index (χ4v) is 7.44. The van der Waals surface area contributed by atoms with Gasteiger partial charge in [0, 0.05) is 11.8 Å². The number of ether oxygens (including phenoxy) is 2. The number of carbonyl (C=O) groups excluding carboxylic acids is 3. The summed E-state index contributed by atoms with van der Waals surface area (Å²) in [6.45, 7) is 2.25. The number of methoxy groups -OCH3 is 1. The average molecular weight is 537 g/mol. The van der Waals surface area contributed by atoms with Gasteiger partial charge in [-0.15, -0.1) is 0 Å². The molecule has 2 aromatic rings. The molecule has 9 nitrogen and oxygen atoms in total. The molecule has 5 N–H and O–H groups in total. The Morgan fingerprint density at radius 1 is 1.08 bits per heavy atom. The summed E-state index contributed by atoms with van der Waals surface area (Å²) in [5.74, 6) is -0.379. The maximum Gasteiger partial charge on any atom is 0.306 e. The minimum Gasteiger partial charge on any atom is -0.508 e. The molecule has 2 aromatic carbocycles. The number of benzene rings is 2. The molecule has 3 aliphatic carbocycles. The third-order valence-corrected chi connectivity index (χ3v) is 9.33. The van der Waals surface area contributed by atoms with E-state index < -0.39 is 23.5 Å². The number of anilines is 1. The van der Waals surface area contributed by atoms with Crippen molar-refractivity contribution in [2.45, 2.75) is 70.3 Å². The first kappa shape index (κ1) is 26.8. The molecule has 39 heavy (non-hydrogen) atoms. The second-order valence-corrected chi connectivity index (χ2v) is 11.4. The molecular formula is C30H36N2O7. The molecule has 9 heteroatoms. The van der Waals surface area contributed by atoms with Crippen molar-refractivity contribution in [3.63, 3.8) is 0 Å². The molecule has 1 unspecified atom stereocenters. The molecule has 0 spiro atoms. The van der Waals surface area contributed by atoms with Crippen LogP contribution in [0.25, 0.3) is 0 Å². The van der Waals surface area contributed by atoms with E-state index in [1.807, 2.05) is 6.07 Å². The number of amides is 2. The molecule has 0 radical (unpaired) electrons. The first-order valence-electron chi connectivity index (χ1n) is 13.6. The molecular weight excluding hydrogens is 500 g/mol. The lowest BCUT2D eigenvalue weighted by Gasteiger charge is -2.50. The van der Waals surface area contributed by atoms with Crippen LogP contribution in [0.15, 0.2) is 30.3 Å². The maximum atomic E-state index is 12.8. The number of rotatable bonds is 7. The molecule has 2 amide bonds. The number of phenolic OH excluding ortho intramolecular Hbond substituents is 1. The molecule has 2 fully saturated rings. The highest BCUT2D eigenvalue weighted by Gasteiger charge is 2.56. The van der Waals surface area contributed by atoms with Crippen molar-refractivity contribution in [3.8, 4) is 17.2 Å². The standard InChI is InChI=1S/C30H36N2O7/c1-30-14-13-19-18-6-4-17(33)15-16(18)3-5-20(19)21(30)7-10-24(30)39-26(35)12-11-25(34)32-22-8-9-23(38-2)27(28(22)36)29(31)37/h4,6,8-9,15,19-21,24,33,36H,3,5,7,10-14H2,1-2H3,(H2,31,37)(H,32,34)/t19-,20-,21+,24?,30+/m1/s1. The van der Waals surface area contributed by atoms with Crippen LogP contribution >= 0.6 is 0 Å². The predicted octanol–water partition coefficient (Wildman–Crippen LogP) is 4.39. The summed E-state index contributed by atoms with van der Waals surface area (Å²) in [5.41, 5.74) is 7.64. The van der Waals surface area contributed by atoms with Crippen LogP contribution in [0.4, 0.5) is 5.69 Å². The van der Waals surface area contributed by atoms with Crippen LogP contribution in [-0.2, 0) is 20.7 Å². The second kappa shape index (κ2) is 10.4. The van der Waals surface area contributed by atoms with Crippen molar-refractivity contribution in [1.82, 2.24) is 0 Å². The number of aromatic hydroxyl groups is 2. The molecule has 5 atom stereocenters. The van der Waals surface area contributed by atoms with E-state index in [1.165, 1.54) is 30.4 Å². The Bertz CT molecular complexity index is 1310. The molecule has 0 bridgehead atoms. The number of phenols is 2. The van der Waals surface area contributed by atoms with Crippen molar-refractivity contribution < 1.29 is 34.1 Å². The highest BCUT2D eigenvalue weighted by Crippen LogP contribution is 2.61. The minimum atomic E-state index is -0.891. The Kier molecular flexibility index (Phi) is 7.18. The van der Waals surface area contributed by atoms with E-state index in [1.54, 1.807) is 6.07 Å². The number of fused-ring (bicyclic) bond motifs is 5. The number of hydrogen-bond donors (Lipinski definition) is 4. The first-order valence-corrected chi connectivity index (χ1v) is 13.6. The summed E-state index contributed by atoms with van der Waals surface area (Å²) in [4.78, 5) is 37.0. The van der Waals surface area contributed by atoms with Crippen LogP contribution in [-0.4, -0.2) is 41.2 Å². The zero-order valence-corrected chi connectivity index (χ0v) is 22.4. The fraction of sp³-hybridized carbons (Fsp3) is 0.500. The topological polar surface area (TPSA) is 148 Å². The van der Waals surface area contributed by atoms with Gasteiger partial charge >= 0.3 is 5.97 Å². The Balaban J connectivity index is 1.18. The Hall–Kier alpha value is -3.75. The van der Waals surface area contributed by atoms with Gasteiger partial charge in [-0.05, 0) is 91.7 Å². The van der Waals surface area contributed by atoms with E-state index >= 15 is 0 Å². The lowest BCUT2D eigenvalue weighted by Crippen LogP contribution is -2.45. The first-order chi connectivity index (χ1) is 18.6. The van der Waals surface area contributed by atoms with Crippen LogP contribution in [0.3, 0.4) is 0 Å². The van der Waals surface area contributed by atoms with Crippen LogP contribution in [0, 0.1) is 17.3 Å². The maximum absolute atomic E-state index is 12.8. The van der Waals surface area contributed by atoms with Crippen molar-refractivity contribution in [3.05, 3.63) is 47.0 Å². The highest BCUT2D eigenvalue weighted by molar-refractivity contribution is 6.02. The summed E-state index contributed by atoms with van der Waals surface area (Å²) in [7, 11) is 1.34. The van der Waals surface area contributed by atoms with Gasteiger partial charge in [-0.3, -0.25) is 14.4 Å². The van der Waals surface area contributed by atoms with Crippen molar-refractivity contribution in [2.24, 2.45) is 23.0 Å². The Labute approximate surface area is 227 Å². The Morgan fingerprint density at radius 3 is 2.62 bits per heavy atom. The van der Waals surface area contributed by atoms with E-state index in [0.29, 0.717) is 23.5 Å². The normalized spacial score (nSPS) is 27.0. The molecule has 0 aromatic heterocycles. The van der Waals surface area contributed by atoms with E-state index in [-0.39, 0.29) is 41.4 Å². The Morgan fingerprint density at radius 2 is 1.87 bits per heavy atom. The number of esters is 1. The lowest BCUT2D eigenvalue weighted by molar-refractivity contribution is -0.158. The number of nitrogens with two attached hydrogens (primary N) is 1. The SMILES string of the molecule is COc1ccc(NC(=O)CCC(=O)OC2CC[C@H]3[C@@H]4CCc5cc(O)ccc5[C@H]4CC[C@]23C)c(O)c1C(N)=O.